The molecule has 0 heterocycles. The van der Waals surface area contributed by atoms with Crippen molar-refractivity contribution in [2.24, 2.45) is 0 Å². The summed E-state index contributed by atoms with van der Waals surface area (Å²) in [5.74, 6) is -1.61. The van der Waals surface area contributed by atoms with E-state index in [0.29, 0.717) is 0 Å². The molecule has 0 saturated heterocycles. The standard InChI is InChI=1S/C30H37FN4O4S/c1-30(2,3)32-29(37)27(20-23-14-8-6-9-15-23)34(21-24-16-12-13-19-26(24)31)28(36)22-35(40(38,39)33(4)5)25-17-10-7-11-18-25/h6-19,27H,20-22H2,1-5H3,(H,32,37)/t27-/m0/s1. The Bertz CT molecular complexity index is 1390. The van der Waals surface area contributed by atoms with Gasteiger partial charge in [0.2, 0.25) is 11.8 Å². The lowest BCUT2D eigenvalue weighted by Gasteiger charge is -2.35. The van der Waals surface area contributed by atoms with E-state index >= 15 is 0 Å². The van der Waals surface area contributed by atoms with Gasteiger partial charge in [-0.05, 0) is 44.5 Å². The molecule has 3 rings (SSSR count). The van der Waals surface area contributed by atoms with Gasteiger partial charge in [0, 0.05) is 38.2 Å². The summed E-state index contributed by atoms with van der Waals surface area (Å²) in [6.07, 6.45) is 0.148. The van der Waals surface area contributed by atoms with E-state index in [2.05, 4.69) is 5.32 Å². The molecule has 8 nitrogen and oxygen atoms in total. The Balaban J connectivity index is 2.11. The summed E-state index contributed by atoms with van der Waals surface area (Å²) in [7, 11) is -1.34. The van der Waals surface area contributed by atoms with Crippen LogP contribution in [0.1, 0.15) is 31.9 Å². The van der Waals surface area contributed by atoms with Crippen LogP contribution in [0.2, 0.25) is 0 Å². The summed E-state index contributed by atoms with van der Waals surface area (Å²) in [6.45, 7) is 4.66. The van der Waals surface area contributed by atoms with Gasteiger partial charge in [-0.25, -0.2) is 8.70 Å². The normalized spacial score (nSPS) is 12.6. The first kappa shape index (κ1) is 30.8. The third-order valence-electron chi connectivity index (χ3n) is 6.13. The third-order valence-corrected chi connectivity index (χ3v) is 7.95. The zero-order valence-electron chi connectivity index (χ0n) is 23.5. The molecule has 10 heteroatoms. The third kappa shape index (κ3) is 8.12. The number of para-hydroxylation sites is 1. The molecule has 3 aromatic rings. The van der Waals surface area contributed by atoms with Crippen molar-refractivity contribution in [3.05, 3.63) is 102 Å². The molecule has 0 radical (unpaired) electrons. The van der Waals surface area contributed by atoms with Crippen LogP contribution in [0.25, 0.3) is 0 Å². The van der Waals surface area contributed by atoms with Crippen molar-refractivity contribution in [1.82, 2.24) is 14.5 Å². The molecule has 0 bridgehead atoms. The first-order chi connectivity index (χ1) is 18.8. The van der Waals surface area contributed by atoms with Crippen LogP contribution < -0.4 is 9.62 Å². The van der Waals surface area contributed by atoms with Crippen molar-refractivity contribution in [3.63, 3.8) is 0 Å². The van der Waals surface area contributed by atoms with Crippen molar-refractivity contribution >= 4 is 27.7 Å². The maximum absolute atomic E-state index is 14.8. The lowest BCUT2D eigenvalue weighted by molar-refractivity contribution is -0.140. The van der Waals surface area contributed by atoms with Crippen LogP contribution in [0.15, 0.2) is 84.9 Å². The quantitative estimate of drug-likeness (QED) is 0.379. The molecule has 0 spiro atoms. The lowest BCUT2D eigenvalue weighted by Crippen LogP contribution is -2.56. The zero-order chi connectivity index (χ0) is 29.5. The van der Waals surface area contributed by atoms with Crippen LogP contribution in [0.3, 0.4) is 0 Å². The minimum absolute atomic E-state index is 0.148. The van der Waals surface area contributed by atoms with Gasteiger partial charge in [0.15, 0.2) is 0 Å². The largest absolute Gasteiger partial charge is 0.350 e. The summed E-state index contributed by atoms with van der Waals surface area (Å²) in [5.41, 5.74) is 0.681. The van der Waals surface area contributed by atoms with Crippen molar-refractivity contribution in [2.75, 3.05) is 24.9 Å². The lowest BCUT2D eigenvalue weighted by atomic mass is 10.0. The summed E-state index contributed by atoms with van der Waals surface area (Å²) in [6, 6.07) is 22.4. The van der Waals surface area contributed by atoms with E-state index in [-0.39, 0.29) is 24.2 Å². The average Bonchev–Trinajstić information content (AvgIpc) is 2.90. The molecule has 0 aliphatic carbocycles. The van der Waals surface area contributed by atoms with Gasteiger partial charge in [-0.1, -0.05) is 66.7 Å². The molecule has 2 amide bonds. The number of amides is 2. The molecule has 0 aliphatic heterocycles. The molecule has 0 saturated carbocycles. The number of nitrogens with zero attached hydrogens (tertiary/aromatic N) is 3. The van der Waals surface area contributed by atoms with Crippen molar-refractivity contribution in [3.8, 4) is 0 Å². The topological polar surface area (TPSA) is 90.0 Å². The first-order valence-electron chi connectivity index (χ1n) is 12.9. The molecule has 0 unspecified atom stereocenters. The molecule has 3 aromatic carbocycles. The molecule has 0 fully saturated rings. The van der Waals surface area contributed by atoms with E-state index in [0.717, 1.165) is 14.2 Å². The number of carbonyl (C=O) groups is 2. The Morgan fingerprint density at radius 2 is 1.43 bits per heavy atom. The monoisotopic (exact) mass is 568 g/mol. The number of hydrogen-bond donors (Lipinski definition) is 1. The van der Waals surface area contributed by atoms with E-state index < -0.39 is 46.0 Å². The molecule has 0 aromatic heterocycles. The molecular formula is C30H37FN4O4S. The highest BCUT2D eigenvalue weighted by atomic mass is 32.2. The maximum Gasteiger partial charge on any atom is 0.304 e. The Labute approximate surface area is 236 Å². The van der Waals surface area contributed by atoms with Gasteiger partial charge in [0.1, 0.15) is 18.4 Å². The number of halogens is 1. The Morgan fingerprint density at radius 1 is 0.875 bits per heavy atom. The predicted octanol–water partition coefficient (Wildman–Crippen LogP) is 3.99. The van der Waals surface area contributed by atoms with Crippen molar-refractivity contribution in [2.45, 2.75) is 45.3 Å². The number of nitrogens with one attached hydrogen (secondary N) is 1. The fraction of sp³-hybridized carbons (Fsp3) is 0.333. The number of rotatable bonds is 11. The zero-order valence-corrected chi connectivity index (χ0v) is 24.4. The number of anilines is 1. The molecular weight excluding hydrogens is 531 g/mol. The summed E-state index contributed by atoms with van der Waals surface area (Å²) >= 11 is 0. The molecule has 1 atom stereocenters. The second-order valence-corrected chi connectivity index (χ2v) is 12.8. The van der Waals surface area contributed by atoms with E-state index in [4.69, 9.17) is 0 Å². The summed E-state index contributed by atoms with van der Waals surface area (Å²) in [5, 5.41) is 2.94. The number of benzene rings is 3. The van der Waals surface area contributed by atoms with Gasteiger partial charge < -0.3 is 10.2 Å². The Morgan fingerprint density at radius 3 is 1.98 bits per heavy atom. The van der Waals surface area contributed by atoms with Gasteiger partial charge in [0.05, 0.1) is 5.69 Å². The molecule has 214 valence electrons. The molecule has 0 aliphatic rings. The first-order valence-corrected chi connectivity index (χ1v) is 14.3. The minimum atomic E-state index is -4.09. The van der Waals surface area contributed by atoms with Crippen LogP contribution in [0, 0.1) is 5.82 Å². The van der Waals surface area contributed by atoms with Crippen LogP contribution in [0.5, 0.6) is 0 Å². The summed E-state index contributed by atoms with van der Waals surface area (Å²) in [4.78, 5) is 29.1. The van der Waals surface area contributed by atoms with Crippen LogP contribution >= 0.6 is 0 Å². The molecule has 40 heavy (non-hydrogen) atoms. The average molecular weight is 569 g/mol. The second kappa shape index (κ2) is 13.1. The van der Waals surface area contributed by atoms with Crippen molar-refractivity contribution < 1.29 is 22.4 Å². The summed E-state index contributed by atoms with van der Waals surface area (Å²) < 4.78 is 43.5. The SMILES string of the molecule is CN(C)S(=O)(=O)N(CC(=O)N(Cc1ccccc1F)[C@@H](Cc1ccccc1)C(=O)NC(C)(C)C)c1ccccc1. The predicted molar refractivity (Wildman–Crippen MR) is 155 cm³/mol. The van der Waals surface area contributed by atoms with E-state index in [1.54, 1.807) is 48.5 Å². The van der Waals surface area contributed by atoms with Crippen LogP contribution in [0.4, 0.5) is 10.1 Å². The Hall–Kier alpha value is -3.76. The van der Waals surface area contributed by atoms with E-state index in [9.17, 15) is 22.4 Å². The fourth-order valence-electron chi connectivity index (χ4n) is 4.13. The van der Waals surface area contributed by atoms with Crippen LogP contribution in [-0.2, 0) is 32.8 Å². The van der Waals surface area contributed by atoms with E-state index in [1.165, 1.54) is 25.1 Å². The fourth-order valence-corrected chi connectivity index (χ4v) is 5.18. The number of carbonyl (C=O) groups excluding carboxylic acids is 2. The maximum atomic E-state index is 14.8. The highest BCUT2D eigenvalue weighted by Crippen LogP contribution is 2.22. The van der Waals surface area contributed by atoms with Gasteiger partial charge in [0.25, 0.3) is 0 Å². The smallest absolute Gasteiger partial charge is 0.304 e. The van der Waals surface area contributed by atoms with Gasteiger partial charge in [-0.2, -0.15) is 12.7 Å². The number of hydrogen-bond acceptors (Lipinski definition) is 4. The van der Waals surface area contributed by atoms with Crippen LogP contribution in [-0.4, -0.2) is 61.7 Å². The van der Waals surface area contributed by atoms with Gasteiger partial charge in [-0.3, -0.25) is 9.59 Å². The minimum Gasteiger partial charge on any atom is -0.350 e. The van der Waals surface area contributed by atoms with Crippen molar-refractivity contribution in [1.29, 1.82) is 0 Å². The van der Waals surface area contributed by atoms with E-state index in [1.807, 2.05) is 51.1 Å². The molecule has 1 N–H and O–H groups in total. The second-order valence-electron chi connectivity index (χ2n) is 10.7. The Kier molecular flexibility index (Phi) is 10.1. The highest BCUT2D eigenvalue weighted by molar-refractivity contribution is 7.90. The van der Waals surface area contributed by atoms with Gasteiger partial charge >= 0.3 is 10.2 Å². The van der Waals surface area contributed by atoms with Gasteiger partial charge in [-0.15, -0.1) is 0 Å². The highest BCUT2D eigenvalue weighted by Gasteiger charge is 2.36.